The van der Waals surface area contributed by atoms with E-state index in [9.17, 15) is 0 Å². The zero-order valence-corrected chi connectivity index (χ0v) is 9.76. The molecule has 0 unspecified atom stereocenters. The molecule has 0 saturated carbocycles. The molecule has 0 amide bonds. The zero-order chi connectivity index (χ0) is 11.4. The van der Waals surface area contributed by atoms with Crippen molar-refractivity contribution in [1.82, 2.24) is 14.9 Å². The molecular weight excluding hydrogens is 202 g/mol. The van der Waals surface area contributed by atoms with Gasteiger partial charge < -0.3 is 10.6 Å². The number of rotatable bonds is 3. The average molecular weight is 221 g/mol. The van der Waals surface area contributed by atoms with Gasteiger partial charge in [0.1, 0.15) is 0 Å². The van der Waals surface area contributed by atoms with Gasteiger partial charge in [-0.1, -0.05) is 0 Å². The molecule has 1 aromatic heterocycles. The van der Waals surface area contributed by atoms with Crippen LogP contribution >= 0.6 is 0 Å². The molecule has 0 atom stereocenters. The minimum Gasteiger partial charge on any atom is -0.338 e. The number of hydrogen-bond donors (Lipinski definition) is 1. The fourth-order valence-corrected chi connectivity index (χ4v) is 1.90. The Bertz CT molecular complexity index is 316. The van der Waals surface area contributed by atoms with E-state index >= 15 is 0 Å². The lowest BCUT2D eigenvalue weighted by Gasteiger charge is -2.34. The Balaban J connectivity index is 1.91. The molecule has 0 bridgehead atoms. The fourth-order valence-electron chi connectivity index (χ4n) is 1.90. The van der Waals surface area contributed by atoms with Crippen molar-refractivity contribution in [3.05, 3.63) is 18.0 Å². The molecule has 1 fully saturated rings. The summed E-state index contributed by atoms with van der Waals surface area (Å²) in [5.74, 6) is 0.845. The van der Waals surface area contributed by atoms with Crippen molar-refractivity contribution in [2.24, 2.45) is 5.73 Å². The summed E-state index contributed by atoms with van der Waals surface area (Å²) >= 11 is 0. The predicted octanol–water partition coefficient (Wildman–Crippen LogP) is -0.134. The van der Waals surface area contributed by atoms with Crippen LogP contribution in [0.4, 0.5) is 5.95 Å². The van der Waals surface area contributed by atoms with E-state index in [0.717, 1.165) is 50.8 Å². The Morgan fingerprint density at radius 3 is 2.38 bits per heavy atom. The van der Waals surface area contributed by atoms with Crippen molar-refractivity contribution < 1.29 is 0 Å². The fraction of sp³-hybridized carbons (Fsp3) is 0.636. The molecule has 0 aromatic carbocycles. The number of hydrogen-bond acceptors (Lipinski definition) is 5. The largest absolute Gasteiger partial charge is 0.338 e. The summed E-state index contributed by atoms with van der Waals surface area (Å²) in [6.07, 6.45) is 3.74. The topological polar surface area (TPSA) is 58.3 Å². The van der Waals surface area contributed by atoms with Crippen molar-refractivity contribution in [1.29, 1.82) is 0 Å². The van der Waals surface area contributed by atoms with E-state index in [0.29, 0.717) is 0 Å². The van der Waals surface area contributed by atoms with E-state index in [1.54, 1.807) is 0 Å². The Kier molecular flexibility index (Phi) is 3.69. The van der Waals surface area contributed by atoms with Gasteiger partial charge in [0.2, 0.25) is 5.95 Å². The molecule has 5 heteroatoms. The Morgan fingerprint density at radius 2 is 1.81 bits per heavy atom. The second-order valence-corrected chi connectivity index (χ2v) is 4.18. The summed E-state index contributed by atoms with van der Waals surface area (Å²) in [6, 6.07) is 0. The van der Waals surface area contributed by atoms with Gasteiger partial charge in [0.25, 0.3) is 0 Å². The maximum Gasteiger partial charge on any atom is 0.225 e. The Morgan fingerprint density at radius 1 is 1.19 bits per heavy atom. The van der Waals surface area contributed by atoms with Crippen molar-refractivity contribution in [3.8, 4) is 0 Å². The van der Waals surface area contributed by atoms with Gasteiger partial charge in [-0.05, 0) is 12.5 Å². The number of aryl methyl sites for hydroxylation is 1. The van der Waals surface area contributed by atoms with Crippen molar-refractivity contribution >= 4 is 5.95 Å². The number of nitrogens with zero attached hydrogens (tertiary/aromatic N) is 4. The van der Waals surface area contributed by atoms with Crippen LogP contribution in [0.5, 0.6) is 0 Å². The molecule has 0 spiro atoms. The van der Waals surface area contributed by atoms with E-state index in [2.05, 4.69) is 19.8 Å². The second kappa shape index (κ2) is 5.23. The molecule has 2 N–H and O–H groups in total. The quantitative estimate of drug-likeness (QED) is 0.770. The standard InChI is InChI=1S/C11H19N5/c1-10-8-13-11(14-9-10)16-6-4-15(3-2-12)5-7-16/h8-9H,2-7,12H2,1H3. The highest BCUT2D eigenvalue weighted by Gasteiger charge is 2.17. The molecule has 0 aliphatic carbocycles. The third-order valence-corrected chi connectivity index (χ3v) is 2.87. The summed E-state index contributed by atoms with van der Waals surface area (Å²) in [5, 5.41) is 0. The number of aromatic nitrogens is 2. The number of piperazine rings is 1. The van der Waals surface area contributed by atoms with Gasteiger partial charge in [-0.15, -0.1) is 0 Å². The normalized spacial score (nSPS) is 17.8. The molecule has 1 aromatic rings. The van der Waals surface area contributed by atoms with Gasteiger partial charge in [0.15, 0.2) is 0 Å². The van der Waals surface area contributed by atoms with Crippen molar-refractivity contribution in [2.45, 2.75) is 6.92 Å². The molecule has 1 aliphatic heterocycles. The Hall–Kier alpha value is -1.20. The average Bonchev–Trinajstić information content (AvgIpc) is 2.32. The lowest BCUT2D eigenvalue weighted by atomic mass is 10.3. The van der Waals surface area contributed by atoms with Crippen molar-refractivity contribution in [3.63, 3.8) is 0 Å². The third-order valence-electron chi connectivity index (χ3n) is 2.87. The predicted molar refractivity (Wildman–Crippen MR) is 64.5 cm³/mol. The van der Waals surface area contributed by atoms with Gasteiger partial charge in [-0.3, -0.25) is 4.90 Å². The van der Waals surface area contributed by atoms with Crippen LogP contribution < -0.4 is 10.6 Å². The maximum atomic E-state index is 5.54. The van der Waals surface area contributed by atoms with Gasteiger partial charge in [-0.2, -0.15) is 0 Å². The van der Waals surface area contributed by atoms with Crippen LogP contribution in [0.15, 0.2) is 12.4 Å². The molecule has 16 heavy (non-hydrogen) atoms. The summed E-state index contributed by atoms with van der Waals surface area (Å²) in [5.41, 5.74) is 6.64. The van der Waals surface area contributed by atoms with Crippen LogP contribution in [0, 0.1) is 6.92 Å². The molecule has 88 valence electrons. The molecule has 1 aliphatic rings. The zero-order valence-electron chi connectivity index (χ0n) is 9.76. The molecule has 5 nitrogen and oxygen atoms in total. The highest BCUT2D eigenvalue weighted by molar-refractivity contribution is 5.30. The second-order valence-electron chi connectivity index (χ2n) is 4.18. The minimum atomic E-state index is 0.737. The van der Waals surface area contributed by atoms with Gasteiger partial charge >= 0.3 is 0 Å². The summed E-state index contributed by atoms with van der Waals surface area (Å²) in [7, 11) is 0. The monoisotopic (exact) mass is 221 g/mol. The molecule has 2 rings (SSSR count). The molecule has 0 radical (unpaired) electrons. The summed E-state index contributed by atoms with van der Waals surface area (Å²) in [6.45, 7) is 7.81. The first-order valence-corrected chi connectivity index (χ1v) is 5.75. The molecule has 1 saturated heterocycles. The number of anilines is 1. The van der Waals surface area contributed by atoms with E-state index in [1.807, 2.05) is 19.3 Å². The highest BCUT2D eigenvalue weighted by Crippen LogP contribution is 2.10. The summed E-state index contributed by atoms with van der Waals surface area (Å²) < 4.78 is 0. The van der Waals surface area contributed by atoms with Crippen LogP contribution in [0.2, 0.25) is 0 Å². The van der Waals surface area contributed by atoms with E-state index in [1.165, 1.54) is 0 Å². The third kappa shape index (κ3) is 2.68. The van der Waals surface area contributed by atoms with E-state index < -0.39 is 0 Å². The lowest BCUT2D eigenvalue weighted by Crippen LogP contribution is -2.48. The van der Waals surface area contributed by atoms with E-state index in [-0.39, 0.29) is 0 Å². The maximum absolute atomic E-state index is 5.54. The van der Waals surface area contributed by atoms with Crippen LogP contribution in [0.25, 0.3) is 0 Å². The lowest BCUT2D eigenvalue weighted by molar-refractivity contribution is 0.263. The highest BCUT2D eigenvalue weighted by atomic mass is 15.3. The smallest absolute Gasteiger partial charge is 0.225 e. The van der Waals surface area contributed by atoms with Crippen LogP contribution in [-0.2, 0) is 0 Å². The van der Waals surface area contributed by atoms with Gasteiger partial charge in [-0.25, -0.2) is 9.97 Å². The number of nitrogens with two attached hydrogens (primary N) is 1. The van der Waals surface area contributed by atoms with Crippen molar-refractivity contribution in [2.75, 3.05) is 44.2 Å². The van der Waals surface area contributed by atoms with Gasteiger partial charge in [0.05, 0.1) is 0 Å². The Labute approximate surface area is 96.3 Å². The SMILES string of the molecule is Cc1cnc(N2CCN(CCN)CC2)nc1. The first kappa shape index (κ1) is 11.3. The van der Waals surface area contributed by atoms with Crippen LogP contribution in [-0.4, -0.2) is 54.1 Å². The molecular formula is C11H19N5. The first-order chi connectivity index (χ1) is 7.79. The van der Waals surface area contributed by atoms with Crippen LogP contribution in [0.3, 0.4) is 0 Å². The molecule has 2 heterocycles. The minimum absolute atomic E-state index is 0.737. The first-order valence-electron chi connectivity index (χ1n) is 5.75. The van der Waals surface area contributed by atoms with Crippen LogP contribution in [0.1, 0.15) is 5.56 Å². The van der Waals surface area contributed by atoms with E-state index in [4.69, 9.17) is 5.73 Å². The summed E-state index contributed by atoms with van der Waals surface area (Å²) in [4.78, 5) is 13.3. The van der Waals surface area contributed by atoms with Gasteiger partial charge in [0, 0.05) is 51.7 Å².